The molecular weight excluding hydrogens is 278 g/mol. The molecular formula is C18H15NO3. The zero-order chi connectivity index (χ0) is 15.7. The molecule has 0 amide bonds. The summed E-state index contributed by atoms with van der Waals surface area (Å²) in [5, 5.41) is 0. The van der Waals surface area contributed by atoms with Crippen LogP contribution in [0.4, 0.5) is 0 Å². The van der Waals surface area contributed by atoms with Crippen molar-refractivity contribution in [1.29, 1.82) is 0 Å². The number of allylic oxidation sites excluding steroid dienone is 4. The van der Waals surface area contributed by atoms with E-state index in [1.54, 1.807) is 19.9 Å². The van der Waals surface area contributed by atoms with Crippen molar-refractivity contribution >= 4 is 23.0 Å². The maximum Gasteiger partial charge on any atom is 0.357 e. The zero-order valence-electron chi connectivity index (χ0n) is 12.4. The van der Waals surface area contributed by atoms with Gasteiger partial charge in [-0.2, -0.15) is 0 Å². The fourth-order valence-corrected chi connectivity index (χ4v) is 2.58. The average Bonchev–Trinajstić information content (AvgIpc) is 2.86. The molecule has 1 aliphatic heterocycles. The van der Waals surface area contributed by atoms with Crippen LogP contribution in [-0.2, 0) is 14.3 Å². The van der Waals surface area contributed by atoms with E-state index in [4.69, 9.17) is 4.74 Å². The maximum atomic E-state index is 12.4. The number of nitrogens with zero attached hydrogens (tertiary/aromatic N) is 1. The second-order valence-corrected chi connectivity index (χ2v) is 5.04. The van der Waals surface area contributed by atoms with Crippen LogP contribution in [0.25, 0.3) is 5.57 Å². The molecule has 0 fully saturated rings. The van der Waals surface area contributed by atoms with E-state index >= 15 is 0 Å². The van der Waals surface area contributed by atoms with Crippen molar-refractivity contribution in [1.82, 2.24) is 0 Å². The van der Waals surface area contributed by atoms with Gasteiger partial charge in [0.25, 0.3) is 0 Å². The van der Waals surface area contributed by atoms with Gasteiger partial charge in [0.15, 0.2) is 11.5 Å². The number of carbonyl (C=O) groups is 2. The van der Waals surface area contributed by atoms with Gasteiger partial charge < -0.3 is 4.74 Å². The van der Waals surface area contributed by atoms with Crippen LogP contribution in [0.5, 0.6) is 0 Å². The van der Waals surface area contributed by atoms with Gasteiger partial charge in [-0.05, 0) is 42.7 Å². The highest BCUT2D eigenvalue weighted by Gasteiger charge is 2.32. The van der Waals surface area contributed by atoms with Gasteiger partial charge in [-0.25, -0.2) is 9.79 Å². The molecule has 110 valence electrons. The predicted molar refractivity (Wildman–Crippen MR) is 84.3 cm³/mol. The number of aliphatic imine (C=N–C) groups is 1. The summed E-state index contributed by atoms with van der Waals surface area (Å²) >= 11 is 0. The summed E-state index contributed by atoms with van der Waals surface area (Å²) in [6.45, 7) is 3.74. The molecule has 0 radical (unpaired) electrons. The normalized spacial score (nSPS) is 16.8. The number of ketones is 1. The Morgan fingerprint density at radius 2 is 1.91 bits per heavy atom. The fraction of sp³-hybridized carbons (Fsp3) is 0.167. The van der Waals surface area contributed by atoms with Gasteiger partial charge in [0, 0.05) is 0 Å². The number of fused-ring (bicyclic) bond motifs is 1. The Hall–Kier alpha value is -2.75. The molecule has 0 unspecified atom stereocenters. The number of hydrogen-bond donors (Lipinski definition) is 0. The Morgan fingerprint density at radius 1 is 1.18 bits per heavy atom. The van der Waals surface area contributed by atoms with Gasteiger partial charge in [0.05, 0.1) is 17.9 Å². The third-order valence-corrected chi connectivity index (χ3v) is 3.62. The molecule has 0 saturated carbocycles. The highest BCUT2D eigenvalue weighted by Crippen LogP contribution is 2.34. The largest absolute Gasteiger partial charge is 0.461 e. The lowest BCUT2D eigenvalue weighted by Gasteiger charge is -2.11. The number of esters is 1. The molecule has 4 nitrogen and oxygen atoms in total. The summed E-state index contributed by atoms with van der Waals surface area (Å²) < 4.78 is 4.99. The quantitative estimate of drug-likeness (QED) is 0.805. The van der Waals surface area contributed by atoms with Crippen LogP contribution >= 0.6 is 0 Å². The summed E-state index contributed by atoms with van der Waals surface area (Å²) in [6.07, 6.45) is 3.42. The molecule has 1 aliphatic carbocycles. The molecule has 3 rings (SSSR count). The SMILES string of the molecule is CCOC(=O)C1=NC2=CC(c3ccccc3)=CC(=O)C2=C1C. The first kappa shape index (κ1) is 14.2. The molecule has 0 aromatic heterocycles. The Labute approximate surface area is 128 Å². The molecule has 22 heavy (non-hydrogen) atoms. The minimum Gasteiger partial charge on any atom is -0.461 e. The maximum absolute atomic E-state index is 12.4. The van der Waals surface area contributed by atoms with Crippen LogP contribution in [0.1, 0.15) is 19.4 Å². The second kappa shape index (κ2) is 5.56. The van der Waals surface area contributed by atoms with Crippen molar-refractivity contribution in [2.45, 2.75) is 13.8 Å². The van der Waals surface area contributed by atoms with Crippen LogP contribution < -0.4 is 0 Å². The highest BCUT2D eigenvalue weighted by atomic mass is 16.5. The number of rotatable bonds is 3. The predicted octanol–water partition coefficient (Wildman–Crippen LogP) is 2.87. The minimum absolute atomic E-state index is 0.128. The van der Waals surface area contributed by atoms with Gasteiger partial charge in [-0.15, -0.1) is 0 Å². The van der Waals surface area contributed by atoms with E-state index in [1.807, 2.05) is 36.4 Å². The molecule has 0 bridgehead atoms. The molecule has 1 aromatic rings. The van der Waals surface area contributed by atoms with E-state index in [0.717, 1.165) is 11.1 Å². The lowest BCUT2D eigenvalue weighted by atomic mass is 9.92. The van der Waals surface area contributed by atoms with Gasteiger partial charge in [-0.1, -0.05) is 30.3 Å². The Bertz CT molecular complexity index is 780. The van der Waals surface area contributed by atoms with Crippen molar-refractivity contribution < 1.29 is 14.3 Å². The van der Waals surface area contributed by atoms with Gasteiger partial charge >= 0.3 is 5.97 Å². The van der Waals surface area contributed by atoms with Gasteiger partial charge in [0.2, 0.25) is 0 Å². The van der Waals surface area contributed by atoms with E-state index in [2.05, 4.69) is 4.99 Å². The first-order valence-electron chi connectivity index (χ1n) is 7.12. The van der Waals surface area contributed by atoms with Crippen LogP contribution in [0.3, 0.4) is 0 Å². The smallest absolute Gasteiger partial charge is 0.357 e. The number of benzene rings is 1. The molecule has 4 heteroatoms. The molecule has 1 aromatic carbocycles. The highest BCUT2D eigenvalue weighted by molar-refractivity contribution is 6.46. The standard InChI is InChI=1S/C18H15NO3/c1-3-22-18(21)17-11(2)16-14(19-17)9-13(10-15(16)20)12-7-5-4-6-8-12/h4-10H,3H2,1-2H3. The third-order valence-electron chi connectivity index (χ3n) is 3.62. The Morgan fingerprint density at radius 3 is 2.59 bits per heavy atom. The molecule has 0 saturated heterocycles. The van der Waals surface area contributed by atoms with Crippen molar-refractivity contribution in [3.8, 4) is 0 Å². The van der Waals surface area contributed by atoms with Crippen molar-refractivity contribution in [3.63, 3.8) is 0 Å². The monoisotopic (exact) mass is 293 g/mol. The van der Waals surface area contributed by atoms with E-state index < -0.39 is 5.97 Å². The van der Waals surface area contributed by atoms with Crippen LogP contribution in [0, 0.1) is 0 Å². The third kappa shape index (κ3) is 2.33. The summed E-state index contributed by atoms with van der Waals surface area (Å²) in [7, 11) is 0. The van der Waals surface area contributed by atoms with E-state index in [9.17, 15) is 9.59 Å². The molecule has 0 N–H and O–H groups in total. The van der Waals surface area contributed by atoms with Crippen LogP contribution in [0.15, 0.2) is 64.3 Å². The topological polar surface area (TPSA) is 55.7 Å². The molecule has 1 heterocycles. The average molecular weight is 293 g/mol. The molecule has 0 spiro atoms. The Kier molecular flexibility index (Phi) is 3.59. The summed E-state index contributed by atoms with van der Waals surface area (Å²) in [6, 6.07) is 9.62. The van der Waals surface area contributed by atoms with Crippen molar-refractivity contribution in [3.05, 3.63) is 64.9 Å². The minimum atomic E-state index is -0.489. The first-order chi connectivity index (χ1) is 10.6. The number of ether oxygens (including phenoxy) is 1. The van der Waals surface area contributed by atoms with E-state index in [0.29, 0.717) is 16.8 Å². The Balaban J connectivity index is 2.03. The van der Waals surface area contributed by atoms with E-state index in [-0.39, 0.29) is 18.1 Å². The fourth-order valence-electron chi connectivity index (χ4n) is 2.58. The van der Waals surface area contributed by atoms with Crippen LogP contribution in [0.2, 0.25) is 0 Å². The summed E-state index contributed by atoms with van der Waals surface area (Å²) in [4.78, 5) is 28.6. The van der Waals surface area contributed by atoms with Gasteiger partial charge in [0.1, 0.15) is 0 Å². The first-order valence-corrected chi connectivity index (χ1v) is 7.12. The van der Waals surface area contributed by atoms with E-state index in [1.165, 1.54) is 0 Å². The summed E-state index contributed by atoms with van der Waals surface area (Å²) in [5.74, 6) is -0.617. The molecule has 0 atom stereocenters. The van der Waals surface area contributed by atoms with Gasteiger partial charge in [-0.3, -0.25) is 4.79 Å². The molecule has 2 aliphatic rings. The lowest BCUT2D eigenvalue weighted by molar-refractivity contribution is -0.134. The van der Waals surface area contributed by atoms with Crippen molar-refractivity contribution in [2.24, 2.45) is 4.99 Å². The van der Waals surface area contributed by atoms with Crippen LogP contribution in [-0.4, -0.2) is 24.1 Å². The number of hydrogen-bond acceptors (Lipinski definition) is 4. The summed E-state index contributed by atoms with van der Waals surface area (Å²) in [5.41, 5.74) is 3.57. The zero-order valence-corrected chi connectivity index (χ0v) is 12.4. The number of carbonyl (C=O) groups excluding carboxylic acids is 2. The second-order valence-electron chi connectivity index (χ2n) is 5.04. The van der Waals surface area contributed by atoms with Crippen molar-refractivity contribution in [2.75, 3.05) is 6.61 Å². The lowest BCUT2D eigenvalue weighted by Crippen LogP contribution is -2.17.